The molecular weight excluding hydrogens is 291 g/mol. The van der Waals surface area contributed by atoms with Gasteiger partial charge in [0.2, 0.25) is 10.0 Å². The third-order valence-electron chi connectivity index (χ3n) is 3.13. The number of hydrogen-bond donors (Lipinski definition) is 2. The van der Waals surface area contributed by atoms with Crippen LogP contribution in [0.25, 0.3) is 0 Å². The van der Waals surface area contributed by atoms with Crippen LogP contribution in [-0.4, -0.2) is 28.1 Å². The van der Waals surface area contributed by atoms with Crippen molar-refractivity contribution in [3.05, 3.63) is 30.1 Å². The molecule has 1 aliphatic rings. The third kappa shape index (κ3) is 4.42. The van der Waals surface area contributed by atoms with E-state index < -0.39 is 15.8 Å². The van der Waals surface area contributed by atoms with E-state index in [-0.39, 0.29) is 17.3 Å². The molecule has 1 atom stereocenters. The van der Waals surface area contributed by atoms with E-state index in [1.807, 2.05) is 0 Å². The number of nitrogens with one attached hydrogen (secondary N) is 2. The van der Waals surface area contributed by atoms with Crippen molar-refractivity contribution < 1.29 is 12.8 Å². The number of rotatable bonds is 5. The summed E-state index contributed by atoms with van der Waals surface area (Å²) in [5.74, 6) is -0.208. The lowest BCUT2D eigenvalue weighted by Crippen LogP contribution is -2.27. The van der Waals surface area contributed by atoms with Gasteiger partial charge in [0, 0.05) is 6.54 Å². The Hall–Kier alpha value is -0.690. The zero-order valence-corrected chi connectivity index (χ0v) is 12.1. The molecule has 0 aromatic heterocycles. The van der Waals surface area contributed by atoms with E-state index >= 15 is 0 Å². The van der Waals surface area contributed by atoms with Crippen molar-refractivity contribution in [2.24, 2.45) is 5.92 Å². The average molecular weight is 309 g/mol. The molecule has 4 nitrogen and oxygen atoms in total. The van der Waals surface area contributed by atoms with Crippen LogP contribution in [0.4, 0.5) is 4.39 Å². The molecule has 0 saturated carbocycles. The quantitative estimate of drug-likeness (QED) is 0.867. The number of hydrogen-bond acceptors (Lipinski definition) is 3. The topological polar surface area (TPSA) is 58.2 Å². The largest absolute Gasteiger partial charge is 0.316 e. The highest BCUT2D eigenvalue weighted by Crippen LogP contribution is 2.14. The first-order valence-corrected chi connectivity index (χ1v) is 7.53. The van der Waals surface area contributed by atoms with E-state index in [1.165, 1.54) is 18.2 Å². The van der Waals surface area contributed by atoms with Gasteiger partial charge in [-0.2, -0.15) is 0 Å². The third-order valence-corrected chi connectivity index (χ3v) is 4.63. The number of halogens is 2. The maximum atomic E-state index is 13.4. The van der Waals surface area contributed by atoms with Crippen LogP contribution >= 0.6 is 12.4 Å². The molecule has 2 rings (SSSR count). The van der Waals surface area contributed by atoms with Crippen molar-refractivity contribution in [1.29, 1.82) is 0 Å². The van der Waals surface area contributed by atoms with Crippen LogP contribution in [0, 0.1) is 11.7 Å². The zero-order chi connectivity index (χ0) is 13.0. The minimum atomic E-state index is -3.73. The Bertz CT molecular complexity index is 504. The summed E-state index contributed by atoms with van der Waals surface area (Å²) in [7, 11) is -3.73. The van der Waals surface area contributed by atoms with Gasteiger partial charge in [0.25, 0.3) is 0 Å². The van der Waals surface area contributed by atoms with Crippen LogP contribution < -0.4 is 10.0 Å². The molecule has 1 fully saturated rings. The summed E-state index contributed by atoms with van der Waals surface area (Å²) >= 11 is 0. The Morgan fingerprint density at radius 1 is 1.37 bits per heavy atom. The number of benzene rings is 1. The van der Waals surface area contributed by atoms with Crippen LogP contribution in [0.5, 0.6) is 0 Å². The second kappa shape index (κ2) is 7.19. The van der Waals surface area contributed by atoms with Crippen molar-refractivity contribution in [2.45, 2.75) is 17.7 Å². The highest BCUT2D eigenvalue weighted by molar-refractivity contribution is 7.89. The summed E-state index contributed by atoms with van der Waals surface area (Å²) in [6.45, 7) is 2.27. The first-order chi connectivity index (χ1) is 8.59. The summed E-state index contributed by atoms with van der Waals surface area (Å²) < 4.78 is 39.6. The van der Waals surface area contributed by atoms with Crippen LogP contribution in [-0.2, 0) is 10.0 Å². The van der Waals surface area contributed by atoms with Gasteiger partial charge in [-0.25, -0.2) is 17.5 Å². The number of sulfonamides is 1. The van der Waals surface area contributed by atoms with E-state index in [0.29, 0.717) is 12.5 Å². The molecule has 1 aliphatic heterocycles. The maximum Gasteiger partial charge on any atom is 0.243 e. The molecule has 0 spiro atoms. The Morgan fingerprint density at radius 2 is 2.11 bits per heavy atom. The second-order valence-electron chi connectivity index (χ2n) is 4.48. The summed E-state index contributed by atoms with van der Waals surface area (Å²) in [4.78, 5) is -0.283. The molecule has 1 aromatic carbocycles. The van der Waals surface area contributed by atoms with Crippen LogP contribution in [0.15, 0.2) is 29.2 Å². The Morgan fingerprint density at radius 3 is 2.74 bits per heavy atom. The van der Waals surface area contributed by atoms with Gasteiger partial charge in [-0.05, 0) is 44.0 Å². The Labute approximate surface area is 119 Å². The van der Waals surface area contributed by atoms with Crippen LogP contribution in [0.1, 0.15) is 12.8 Å². The monoisotopic (exact) mass is 308 g/mol. The van der Waals surface area contributed by atoms with Crippen LogP contribution in [0.3, 0.4) is 0 Å². The Balaban J connectivity index is 0.00000180. The molecule has 108 valence electrons. The predicted octanol–water partition coefficient (Wildman–Crippen LogP) is 1.53. The molecule has 19 heavy (non-hydrogen) atoms. The first kappa shape index (κ1) is 16.4. The maximum absolute atomic E-state index is 13.4. The predicted molar refractivity (Wildman–Crippen MR) is 74.4 cm³/mol. The molecule has 0 bridgehead atoms. The lowest BCUT2D eigenvalue weighted by Gasteiger charge is -2.10. The fourth-order valence-electron chi connectivity index (χ4n) is 2.10. The summed E-state index contributed by atoms with van der Waals surface area (Å²) in [5, 5.41) is 3.22. The van der Waals surface area contributed by atoms with E-state index in [2.05, 4.69) is 10.0 Å². The fourth-order valence-corrected chi connectivity index (χ4v) is 3.22. The van der Waals surface area contributed by atoms with E-state index in [9.17, 15) is 12.8 Å². The fraction of sp³-hybridized carbons (Fsp3) is 0.500. The first-order valence-electron chi connectivity index (χ1n) is 6.04. The van der Waals surface area contributed by atoms with Gasteiger partial charge in [-0.15, -0.1) is 12.4 Å². The second-order valence-corrected chi connectivity index (χ2v) is 6.21. The summed E-state index contributed by atoms with van der Waals surface area (Å²) in [6, 6.07) is 5.40. The average Bonchev–Trinajstić information content (AvgIpc) is 2.82. The molecule has 1 aromatic rings. The van der Waals surface area contributed by atoms with Gasteiger partial charge in [0.15, 0.2) is 0 Å². The van der Waals surface area contributed by atoms with Gasteiger partial charge in [0.1, 0.15) is 10.7 Å². The molecule has 2 N–H and O–H groups in total. The van der Waals surface area contributed by atoms with Gasteiger partial charge < -0.3 is 5.32 Å². The molecule has 0 radical (unpaired) electrons. The van der Waals surface area contributed by atoms with E-state index in [4.69, 9.17) is 0 Å². The highest BCUT2D eigenvalue weighted by atomic mass is 35.5. The molecule has 1 unspecified atom stereocenters. The molecule has 1 saturated heterocycles. The lowest BCUT2D eigenvalue weighted by atomic mass is 10.1. The van der Waals surface area contributed by atoms with Crippen LogP contribution in [0.2, 0.25) is 0 Å². The van der Waals surface area contributed by atoms with Gasteiger partial charge >= 0.3 is 0 Å². The van der Waals surface area contributed by atoms with Gasteiger partial charge in [-0.3, -0.25) is 0 Å². The molecule has 1 heterocycles. The lowest BCUT2D eigenvalue weighted by molar-refractivity contribution is 0.515. The summed E-state index contributed by atoms with van der Waals surface area (Å²) in [5.41, 5.74) is 0. The van der Waals surface area contributed by atoms with Crippen molar-refractivity contribution in [1.82, 2.24) is 10.0 Å². The van der Waals surface area contributed by atoms with Crippen molar-refractivity contribution in [3.8, 4) is 0 Å². The smallest absolute Gasteiger partial charge is 0.243 e. The molecule has 7 heteroatoms. The highest BCUT2D eigenvalue weighted by Gasteiger charge is 2.19. The van der Waals surface area contributed by atoms with E-state index in [1.54, 1.807) is 0 Å². The van der Waals surface area contributed by atoms with Gasteiger partial charge in [0.05, 0.1) is 0 Å². The van der Waals surface area contributed by atoms with Crippen molar-refractivity contribution >= 4 is 22.4 Å². The van der Waals surface area contributed by atoms with Crippen molar-refractivity contribution in [3.63, 3.8) is 0 Å². The normalized spacial score (nSPS) is 19.1. The van der Waals surface area contributed by atoms with Gasteiger partial charge in [-0.1, -0.05) is 12.1 Å². The van der Waals surface area contributed by atoms with Crippen molar-refractivity contribution in [2.75, 3.05) is 19.6 Å². The summed E-state index contributed by atoms with van der Waals surface area (Å²) in [6.07, 6.45) is 1.85. The minimum Gasteiger partial charge on any atom is -0.316 e. The Kier molecular flexibility index (Phi) is 6.19. The SMILES string of the molecule is Cl.O=S(=O)(NCCC1CCNC1)c1ccccc1F. The molecule has 0 amide bonds. The minimum absolute atomic E-state index is 0. The standard InChI is InChI=1S/C12H17FN2O2S.ClH/c13-11-3-1-2-4-12(11)18(16,17)15-8-6-10-5-7-14-9-10;/h1-4,10,14-15H,5-9H2;1H. The zero-order valence-electron chi connectivity index (χ0n) is 10.4. The molecule has 0 aliphatic carbocycles. The van der Waals surface area contributed by atoms with E-state index in [0.717, 1.165) is 32.0 Å². The molecular formula is C12H18ClFN2O2S.